The lowest BCUT2D eigenvalue weighted by Crippen LogP contribution is -2.32. The first kappa shape index (κ1) is 14.9. The van der Waals surface area contributed by atoms with Gasteiger partial charge in [-0.05, 0) is 43.6 Å². The van der Waals surface area contributed by atoms with E-state index in [1.165, 1.54) is 25.7 Å². The summed E-state index contributed by atoms with van der Waals surface area (Å²) in [5, 5.41) is 9.50. The van der Waals surface area contributed by atoms with Gasteiger partial charge in [0.05, 0.1) is 13.0 Å². The summed E-state index contributed by atoms with van der Waals surface area (Å²) < 4.78 is 5.12. The number of methoxy groups -OCH3 is 1. The highest BCUT2D eigenvalue weighted by atomic mass is 16.5. The first-order chi connectivity index (χ1) is 9.70. The van der Waals surface area contributed by atoms with Crippen LogP contribution in [0, 0.1) is 0 Å². The third kappa shape index (κ3) is 3.97. The van der Waals surface area contributed by atoms with Gasteiger partial charge in [-0.3, -0.25) is 4.79 Å². The Morgan fingerprint density at radius 1 is 1.20 bits per heavy atom. The van der Waals surface area contributed by atoms with Crippen molar-refractivity contribution in [2.45, 2.75) is 31.6 Å². The zero-order valence-electron chi connectivity index (χ0n) is 12.0. The minimum Gasteiger partial charge on any atom is -0.497 e. The van der Waals surface area contributed by atoms with E-state index in [0.29, 0.717) is 6.54 Å². The van der Waals surface area contributed by atoms with Crippen LogP contribution in [0.15, 0.2) is 24.3 Å². The highest BCUT2D eigenvalue weighted by molar-refractivity contribution is 5.76. The summed E-state index contributed by atoms with van der Waals surface area (Å²) in [6.45, 7) is 2.63. The van der Waals surface area contributed by atoms with Crippen LogP contribution in [0.1, 0.15) is 37.2 Å². The Labute approximate surface area is 120 Å². The largest absolute Gasteiger partial charge is 0.497 e. The van der Waals surface area contributed by atoms with E-state index in [1.807, 2.05) is 24.3 Å². The smallest absolute Gasteiger partial charge is 0.312 e. The second-order valence-corrected chi connectivity index (χ2v) is 5.38. The summed E-state index contributed by atoms with van der Waals surface area (Å²) >= 11 is 0. The van der Waals surface area contributed by atoms with E-state index in [9.17, 15) is 9.90 Å². The summed E-state index contributed by atoms with van der Waals surface area (Å²) in [6.07, 6.45) is 4.87. The molecule has 110 valence electrons. The lowest BCUT2D eigenvalue weighted by atomic mass is 9.98. The van der Waals surface area contributed by atoms with Crippen molar-refractivity contribution >= 4 is 5.97 Å². The molecule has 20 heavy (non-hydrogen) atoms. The van der Waals surface area contributed by atoms with Gasteiger partial charge in [-0.2, -0.15) is 0 Å². The molecule has 1 atom stereocenters. The fourth-order valence-corrected chi connectivity index (χ4v) is 2.74. The standard InChI is InChI=1S/C16H23NO3/c1-20-14-8-6-13(7-9-14)15(16(18)19)12-17-10-4-2-3-5-11-17/h6-9,15H,2-5,10-12H2,1H3,(H,18,19). The molecule has 1 aliphatic rings. The molecule has 1 aliphatic heterocycles. The van der Waals surface area contributed by atoms with E-state index in [0.717, 1.165) is 24.4 Å². The molecule has 0 bridgehead atoms. The van der Waals surface area contributed by atoms with E-state index in [-0.39, 0.29) is 0 Å². The second-order valence-electron chi connectivity index (χ2n) is 5.38. The average Bonchev–Trinajstić information content (AvgIpc) is 2.73. The van der Waals surface area contributed by atoms with E-state index in [4.69, 9.17) is 4.74 Å². The van der Waals surface area contributed by atoms with Crippen molar-refractivity contribution < 1.29 is 14.6 Å². The molecule has 4 heteroatoms. The number of hydrogen-bond donors (Lipinski definition) is 1. The summed E-state index contributed by atoms with van der Waals surface area (Å²) in [5.41, 5.74) is 0.850. The van der Waals surface area contributed by atoms with Crippen molar-refractivity contribution in [3.8, 4) is 5.75 Å². The van der Waals surface area contributed by atoms with Crippen molar-refractivity contribution in [1.82, 2.24) is 4.90 Å². The lowest BCUT2D eigenvalue weighted by Gasteiger charge is -2.24. The molecule has 1 saturated heterocycles. The van der Waals surface area contributed by atoms with E-state index >= 15 is 0 Å². The van der Waals surface area contributed by atoms with Crippen molar-refractivity contribution in [2.75, 3.05) is 26.7 Å². The van der Waals surface area contributed by atoms with Gasteiger partial charge in [0.2, 0.25) is 0 Å². The predicted octanol–water partition coefficient (Wildman–Crippen LogP) is 2.74. The maximum absolute atomic E-state index is 11.6. The Kier molecular flexibility index (Phi) is 5.41. The molecule has 0 aliphatic carbocycles. The quantitative estimate of drug-likeness (QED) is 0.899. The molecule has 0 radical (unpaired) electrons. The highest BCUT2D eigenvalue weighted by Gasteiger charge is 2.23. The topological polar surface area (TPSA) is 49.8 Å². The van der Waals surface area contributed by atoms with Gasteiger partial charge in [0.15, 0.2) is 0 Å². The Morgan fingerprint density at radius 2 is 1.80 bits per heavy atom. The minimum absolute atomic E-state index is 0.459. The molecule has 2 rings (SSSR count). The molecule has 1 heterocycles. The van der Waals surface area contributed by atoms with Crippen LogP contribution in [0.4, 0.5) is 0 Å². The monoisotopic (exact) mass is 277 g/mol. The highest BCUT2D eigenvalue weighted by Crippen LogP contribution is 2.22. The Hall–Kier alpha value is -1.55. The van der Waals surface area contributed by atoms with E-state index in [2.05, 4.69) is 4.90 Å². The number of carboxylic acids is 1. The van der Waals surface area contributed by atoms with Crippen molar-refractivity contribution in [3.05, 3.63) is 29.8 Å². The number of likely N-dealkylation sites (tertiary alicyclic amines) is 1. The van der Waals surface area contributed by atoms with Gasteiger partial charge in [0.25, 0.3) is 0 Å². The van der Waals surface area contributed by atoms with Gasteiger partial charge in [-0.25, -0.2) is 0 Å². The summed E-state index contributed by atoms with van der Waals surface area (Å²) in [4.78, 5) is 13.8. The summed E-state index contributed by atoms with van der Waals surface area (Å²) in [7, 11) is 1.61. The maximum atomic E-state index is 11.6. The minimum atomic E-state index is -0.751. The molecule has 0 spiro atoms. The lowest BCUT2D eigenvalue weighted by molar-refractivity contribution is -0.139. The summed E-state index contributed by atoms with van der Waals surface area (Å²) in [6, 6.07) is 7.37. The fourth-order valence-electron chi connectivity index (χ4n) is 2.74. The number of benzene rings is 1. The maximum Gasteiger partial charge on any atom is 0.312 e. The van der Waals surface area contributed by atoms with Crippen molar-refractivity contribution in [3.63, 3.8) is 0 Å². The zero-order valence-corrected chi connectivity index (χ0v) is 12.0. The molecule has 1 aromatic rings. The van der Waals surface area contributed by atoms with Crippen LogP contribution in [-0.4, -0.2) is 42.7 Å². The molecule has 0 amide bonds. The zero-order chi connectivity index (χ0) is 14.4. The first-order valence-corrected chi connectivity index (χ1v) is 7.30. The average molecular weight is 277 g/mol. The van der Waals surface area contributed by atoms with Gasteiger partial charge < -0.3 is 14.7 Å². The molecule has 1 fully saturated rings. The molecule has 0 aromatic heterocycles. The Morgan fingerprint density at radius 3 is 2.30 bits per heavy atom. The number of ether oxygens (including phenoxy) is 1. The third-order valence-corrected chi connectivity index (χ3v) is 3.96. The molecule has 1 aromatic carbocycles. The van der Waals surface area contributed by atoms with Crippen LogP contribution in [0.5, 0.6) is 5.75 Å². The van der Waals surface area contributed by atoms with Gasteiger partial charge in [-0.1, -0.05) is 25.0 Å². The summed E-state index contributed by atoms with van der Waals surface area (Å²) in [5.74, 6) is -0.453. The van der Waals surface area contributed by atoms with Crippen LogP contribution >= 0.6 is 0 Å². The molecule has 1 N–H and O–H groups in total. The number of hydrogen-bond acceptors (Lipinski definition) is 3. The van der Waals surface area contributed by atoms with Crippen molar-refractivity contribution in [1.29, 1.82) is 0 Å². The Balaban J connectivity index is 2.07. The van der Waals surface area contributed by atoms with E-state index in [1.54, 1.807) is 7.11 Å². The van der Waals surface area contributed by atoms with E-state index < -0.39 is 11.9 Å². The fraction of sp³-hybridized carbons (Fsp3) is 0.562. The van der Waals surface area contributed by atoms with Crippen LogP contribution in [-0.2, 0) is 4.79 Å². The first-order valence-electron chi connectivity index (χ1n) is 7.30. The van der Waals surface area contributed by atoms with Gasteiger partial charge in [0, 0.05) is 6.54 Å². The second kappa shape index (κ2) is 7.29. The molecular weight excluding hydrogens is 254 g/mol. The normalized spacial score (nSPS) is 18.2. The molecule has 0 saturated carbocycles. The number of rotatable bonds is 5. The number of nitrogens with zero attached hydrogens (tertiary/aromatic N) is 1. The van der Waals surface area contributed by atoms with Crippen LogP contribution in [0.3, 0.4) is 0 Å². The van der Waals surface area contributed by atoms with Gasteiger partial charge in [0.1, 0.15) is 5.75 Å². The van der Waals surface area contributed by atoms with Gasteiger partial charge >= 0.3 is 5.97 Å². The number of carboxylic acid groups (broad SMARTS) is 1. The van der Waals surface area contributed by atoms with Crippen molar-refractivity contribution in [2.24, 2.45) is 0 Å². The number of carbonyl (C=O) groups is 1. The molecule has 1 unspecified atom stereocenters. The Bertz CT molecular complexity index is 422. The molecule has 4 nitrogen and oxygen atoms in total. The van der Waals surface area contributed by atoms with Gasteiger partial charge in [-0.15, -0.1) is 0 Å². The van der Waals surface area contributed by atoms with Crippen LogP contribution < -0.4 is 4.74 Å². The predicted molar refractivity (Wildman–Crippen MR) is 78.3 cm³/mol. The SMILES string of the molecule is COc1ccc(C(CN2CCCCCC2)C(=O)O)cc1. The third-order valence-electron chi connectivity index (χ3n) is 3.96. The molecular formula is C16H23NO3. The van der Waals surface area contributed by atoms with Crippen LogP contribution in [0.2, 0.25) is 0 Å². The number of aliphatic carboxylic acids is 1. The van der Waals surface area contributed by atoms with Crippen LogP contribution in [0.25, 0.3) is 0 Å².